The third kappa shape index (κ3) is 3.15. The van der Waals surface area contributed by atoms with E-state index in [9.17, 15) is 9.59 Å². The lowest BCUT2D eigenvalue weighted by Crippen LogP contribution is -2.24. The molecule has 0 bridgehead atoms. The van der Waals surface area contributed by atoms with E-state index in [0.717, 1.165) is 5.56 Å². The van der Waals surface area contributed by atoms with Gasteiger partial charge < -0.3 is 14.4 Å². The number of aromatic nitrogens is 3. The van der Waals surface area contributed by atoms with Crippen LogP contribution in [-0.4, -0.2) is 32.5 Å². The van der Waals surface area contributed by atoms with E-state index in [4.69, 9.17) is 4.52 Å². The molecule has 1 saturated heterocycles. The summed E-state index contributed by atoms with van der Waals surface area (Å²) in [7, 11) is 0. The number of hydrogen-bond acceptors (Lipinski definition) is 5. The number of nitrogens with zero attached hydrogens (tertiary/aromatic N) is 3. The van der Waals surface area contributed by atoms with Gasteiger partial charge in [-0.2, -0.15) is 4.98 Å². The monoisotopic (exact) mass is 350 g/mol. The van der Waals surface area contributed by atoms with E-state index < -0.39 is 0 Å². The lowest BCUT2D eigenvalue weighted by molar-refractivity contribution is -0.128. The maximum atomic E-state index is 12.4. The molecule has 7 heteroatoms. The first-order valence-electron chi connectivity index (χ1n) is 8.45. The maximum absolute atomic E-state index is 12.4. The number of H-pyrrole nitrogens is 1. The minimum absolute atomic E-state index is 0.0698. The highest BCUT2D eigenvalue weighted by atomic mass is 16.5. The molecule has 1 fully saturated rings. The SMILES string of the molecule is Cc1cccc(CN2CC(c3noc(-c4ccc[nH]c4=O)n3)CC2=O)c1. The summed E-state index contributed by atoms with van der Waals surface area (Å²) in [6.07, 6.45) is 1.89. The Hall–Kier alpha value is -3.22. The molecule has 7 nitrogen and oxygen atoms in total. The summed E-state index contributed by atoms with van der Waals surface area (Å²) >= 11 is 0. The lowest BCUT2D eigenvalue weighted by Gasteiger charge is -2.16. The summed E-state index contributed by atoms with van der Waals surface area (Å²) in [5.74, 6) is 0.572. The predicted molar refractivity (Wildman–Crippen MR) is 94.3 cm³/mol. The van der Waals surface area contributed by atoms with Crippen LogP contribution in [0.1, 0.15) is 29.3 Å². The average molecular weight is 350 g/mol. The number of nitrogens with one attached hydrogen (secondary N) is 1. The zero-order valence-corrected chi connectivity index (χ0v) is 14.3. The number of carbonyl (C=O) groups excluding carboxylic acids is 1. The average Bonchev–Trinajstić information content (AvgIpc) is 3.23. The molecule has 1 aromatic carbocycles. The van der Waals surface area contributed by atoms with Gasteiger partial charge in [-0.15, -0.1) is 0 Å². The van der Waals surface area contributed by atoms with Crippen LogP contribution in [0.15, 0.2) is 51.9 Å². The second-order valence-electron chi connectivity index (χ2n) is 6.54. The van der Waals surface area contributed by atoms with Crippen LogP contribution in [-0.2, 0) is 11.3 Å². The molecule has 0 saturated carbocycles. The molecule has 1 N–H and O–H groups in total. The number of carbonyl (C=O) groups is 1. The second kappa shape index (κ2) is 6.59. The van der Waals surface area contributed by atoms with Crippen LogP contribution in [0.4, 0.5) is 0 Å². The fourth-order valence-electron chi connectivity index (χ4n) is 3.23. The number of hydrogen-bond donors (Lipinski definition) is 1. The summed E-state index contributed by atoms with van der Waals surface area (Å²) in [6, 6.07) is 11.4. The van der Waals surface area contributed by atoms with Gasteiger partial charge in [0.05, 0.1) is 0 Å². The number of rotatable bonds is 4. The minimum atomic E-state index is -0.286. The largest absolute Gasteiger partial charge is 0.338 e. The van der Waals surface area contributed by atoms with Gasteiger partial charge in [0.2, 0.25) is 5.91 Å². The molecule has 1 aliphatic rings. The van der Waals surface area contributed by atoms with Crippen molar-refractivity contribution in [2.75, 3.05) is 6.54 Å². The molecule has 3 heterocycles. The molecule has 0 radical (unpaired) electrons. The van der Waals surface area contributed by atoms with Crippen LogP contribution in [0.25, 0.3) is 11.5 Å². The Bertz CT molecular complexity index is 1010. The van der Waals surface area contributed by atoms with Crippen LogP contribution >= 0.6 is 0 Å². The van der Waals surface area contributed by atoms with Gasteiger partial charge in [-0.3, -0.25) is 9.59 Å². The fraction of sp³-hybridized carbons (Fsp3) is 0.263. The number of amides is 1. The van der Waals surface area contributed by atoms with Crippen LogP contribution in [0.2, 0.25) is 0 Å². The van der Waals surface area contributed by atoms with Gasteiger partial charge in [-0.05, 0) is 24.6 Å². The molecule has 3 aromatic rings. The molecular formula is C19H18N4O3. The summed E-state index contributed by atoms with van der Waals surface area (Å²) < 4.78 is 5.24. The van der Waals surface area contributed by atoms with Gasteiger partial charge in [-0.25, -0.2) is 0 Å². The first-order chi connectivity index (χ1) is 12.6. The molecule has 1 atom stereocenters. The van der Waals surface area contributed by atoms with Crippen molar-refractivity contribution in [1.82, 2.24) is 20.0 Å². The van der Waals surface area contributed by atoms with E-state index >= 15 is 0 Å². The molecule has 26 heavy (non-hydrogen) atoms. The van der Waals surface area contributed by atoms with Crippen LogP contribution < -0.4 is 5.56 Å². The molecule has 1 amide bonds. The Kier molecular flexibility index (Phi) is 4.12. The molecule has 0 aliphatic carbocycles. The molecule has 4 rings (SSSR count). The highest BCUT2D eigenvalue weighted by Gasteiger charge is 2.33. The summed E-state index contributed by atoms with van der Waals surface area (Å²) in [4.78, 5) is 32.9. The Morgan fingerprint density at radius 2 is 2.15 bits per heavy atom. The smallest absolute Gasteiger partial charge is 0.263 e. The molecule has 2 aromatic heterocycles. The first kappa shape index (κ1) is 16.3. The van der Waals surface area contributed by atoms with Crippen molar-refractivity contribution in [3.63, 3.8) is 0 Å². The van der Waals surface area contributed by atoms with E-state index in [0.29, 0.717) is 30.9 Å². The molecular weight excluding hydrogens is 332 g/mol. The molecule has 1 unspecified atom stereocenters. The van der Waals surface area contributed by atoms with Gasteiger partial charge in [0.25, 0.3) is 11.4 Å². The molecule has 1 aliphatic heterocycles. The molecule has 0 spiro atoms. The predicted octanol–water partition coefficient (Wildman–Crippen LogP) is 2.25. The van der Waals surface area contributed by atoms with E-state index in [-0.39, 0.29) is 23.3 Å². The zero-order valence-electron chi connectivity index (χ0n) is 14.3. The second-order valence-corrected chi connectivity index (χ2v) is 6.54. The van der Waals surface area contributed by atoms with Crippen molar-refractivity contribution in [2.24, 2.45) is 0 Å². The summed E-state index contributed by atoms with van der Waals surface area (Å²) in [5, 5.41) is 3.99. The summed E-state index contributed by atoms with van der Waals surface area (Å²) in [5.41, 5.74) is 2.31. The van der Waals surface area contributed by atoms with E-state index in [1.165, 1.54) is 5.56 Å². The van der Waals surface area contributed by atoms with Gasteiger partial charge in [0, 0.05) is 31.6 Å². The van der Waals surface area contributed by atoms with Crippen molar-refractivity contribution in [3.8, 4) is 11.5 Å². The minimum Gasteiger partial charge on any atom is -0.338 e. The number of likely N-dealkylation sites (tertiary alicyclic amines) is 1. The quantitative estimate of drug-likeness (QED) is 0.779. The van der Waals surface area contributed by atoms with Crippen molar-refractivity contribution in [2.45, 2.75) is 25.8 Å². The van der Waals surface area contributed by atoms with Crippen LogP contribution in [0, 0.1) is 6.92 Å². The van der Waals surface area contributed by atoms with E-state index in [1.807, 2.05) is 30.0 Å². The van der Waals surface area contributed by atoms with Crippen molar-refractivity contribution in [3.05, 3.63) is 69.9 Å². The Morgan fingerprint density at radius 1 is 1.27 bits per heavy atom. The third-order valence-electron chi connectivity index (χ3n) is 4.53. The lowest BCUT2D eigenvalue weighted by atomic mass is 10.1. The van der Waals surface area contributed by atoms with E-state index in [2.05, 4.69) is 21.2 Å². The molecule has 132 valence electrons. The Balaban J connectivity index is 1.51. The van der Waals surface area contributed by atoms with E-state index in [1.54, 1.807) is 18.3 Å². The third-order valence-corrected chi connectivity index (χ3v) is 4.53. The number of aromatic amines is 1. The maximum Gasteiger partial charge on any atom is 0.263 e. The first-order valence-corrected chi connectivity index (χ1v) is 8.45. The Morgan fingerprint density at radius 3 is 2.96 bits per heavy atom. The van der Waals surface area contributed by atoms with Crippen LogP contribution in [0.3, 0.4) is 0 Å². The van der Waals surface area contributed by atoms with Crippen LogP contribution in [0.5, 0.6) is 0 Å². The van der Waals surface area contributed by atoms with Crippen molar-refractivity contribution in [1.29, 1.82) is 0 Å². The summed E-state index contributed by atoms with van der Waals surface area (Å²) in [6.45, 7) is 3.14. The fourth-order valence-corrected chi connectivity index (χ4v) is 3.23. The van der Waals surface area contributed by atoms with Crippen molar-refractivity contribution < 1.29 is 9.32 Å². The van der Waals surface area contributed by atoms with Crippen molar-refractivity contribution >= 4 is 5.91 Å². The van der Waals surface area contributed by atoms with Gasteiger partial charge in [0.1, 0.15) is 5.56 Å². The van der Waals surface area contributed by atoms with Gasteiger partial charge in [0.15, 0.2) is 5.82 Å². The van der Waals surface area contributed by atoms with Gasteiger partial charge >= 0.3 is 0 Å². The number of pyridine rings is 1. The van der Waals surface area contributed by atoms with Gasteiger partial charge in [-0.1, -0.05) is 35.0 Å². The number of aryl methyl sites for hydroxylation is 1. The normalized spacial score (nSPS) is 17.0. The number of benzene rings is 1. The topological polar surface area (TPSA) is 92.1 Å². The Labute approximate surface area is 149 Å². The standard InChI is InChI=1S/C19H18N4O3/c1-12-4-2-5-13(8-12)10-23-11-14(9-16(23)24)17-21-19(26-22-17)15-6-3-7-20-18(15)25/h2-8,14H,9-11H2,1H3,(H,20,25). The highest BCUT2D eigenvalue weighted by molar-refractivity contribution is 5.79. The zero-order chi connectivity index (χ0) is 18.1. The highest BCUT2D eigenvalue weighted by Crippen LogP contribution is 2.28.